The number of nitrogens with zero attached hydrogens (tertiary/aromatic N) is 1. The van der Waals surface area contributed by atoms with E-state index in [2.05, 4.69) is 15.9 Å². The summed E-state index contributed by atoms with van der Waals surface area (Å²) >= 11 is 3.43. The molecule has 2 aliphatic rings. The quantitative estimate of drug-likeness (QED) is 0.416. The minimum Gasteiger partial charge on any atom is -0.507 e. The predicted octanol–water partition coefficient (Wildman–Crippen LogP) is 1.74. The molecule has 2 aliphatic heterocycles. The molecule has 0 aliphatic carbocycles. The number of likely N-dealkylation sites (tertiary alicyclic amines) is 1. The maximum atomic E-state index is 13.0. The molecule has 2 heterocycles. The van der Waals surface area contributed by atoms with Gasteiger partial charge in [-0.3, -0.25) is 14.5 Å². The number of aliphatic hydroxyl groups excluding tert-OH is 1. The first-order valence-corrected chi connectivity index (χ1v) is 10.4. The second kappa shape index (κ2) is 8.49. The van der Waals surface area contributed by atoms with E-state index in [4.69, 9.17) is 4.74 Å². The highest BCUT2D eigenvalue weighted by molar-refractivity contribution is 9.10. The Morgan fingerprint density at radius 3 is 2.38 bits per heavy atom. The van der Waals surface area contributed by atoms with E-state index in [1.165, 1.54) is 4.90 Å². The first-order chi connectivity index (χ1) is 14.1. The van der Waals surface area contributed by atoms with Gasteiger partial charge in [0.2, 0.25) is 0 Å². The van der Waals surface area contributed by atoms with Crippen molar-refractivity contribution in [1.29, 1.82) is 0 Å². The van der Waals surface area contributed by atoms with Crippen LogP contribution in [0.25, 0.3) is 5.76 Å². The smallest absolute Gasteiger partial charge is 0.299 e. The molecule has 0 aromatic heterocycles. The van der Waals surface area contributed by atoms with Crippen LogP contribution in [0.15, 0.2) is 64.6 Å². The third-order valence-electron chi connectivity index (χ3n) is 5.37. The Morgan fingerprint density at radius 1 is 1.07 bits per heavy atom. The van der Waals surface area contributed by atoms with E-state index >= 15 is 0 Å². The number of ketones is 1. The van der Waals surface area contributed by atoms with E-state index < -0.39 is 17.7 Å². The number of benzene rings is 2. The maximum absolute atomic E-state index is 13.0. The van der Waals surface area contributed by atoms with E-state index in [9.17, 15) is 14.7 Å². The van der Waals surface area contributed by atoms with Gasteiger partial charge in [-0.05, 0) is 17.7 Å². The lowest BCUT2D eigenvalue weighted by atomic mass is 9.95. The van der Waals surface area contributed by atoms with Gasteiger partial charge in [0.25, 0.3) is 11.7 Å². The molecule has 2 aromatic carbocycles. The highest BCUT2D eigenvalue weighted by Crippen LogP contribution is 2.39. The minimum atomic E-state index is -0.646. The molecule has 29 heavy (non-hydrogen) atoms. The van der Waals surface area contributed by atoms with Crippen molar-refractivity contribution in [1.82, 2.24) is 4.90 Å². The van der Waals surface area contributed by atoms with Crippen molar-refractivity contribution in [2.75, 3.05) is 33.0 Å². The molecule has 2 aromatic rings. The van der Waals surface area contributed by atoms with Crippen LogP contribution in [0.2, 0.25) is 0 Å². The van der Waals surface area contributed by atoms with Gasteiger partial charge in [0, 0.05) is 10.0 Å². The molecule has 0 saturated carbocycles. The van der Waals surface area contributed by atoms with E-state index in [1.807, 2.05) is 30.3 Å². The molecule has 1 atom stereocenters. The summed E-state index contributed by atoms with van der Waals surface area (Å²) in [4.78, 5) is 28.7. The average molecular weight is 458 g/mol. The second-order valence-electron chi connectivity index (χ2n) is 7.21. The Bertz CT molecular complexity index is 937. The molecule has 2 N–H and O–H groups in total. The van der Waals surface area contributed by atoms with Crippen molar-refractivity contribution < 1.29 is 24.3 Å². The first-order valence-electron chi connectivity index (χ1n) is 9.57. The molecule has 4 rings (SSSR count). The number of halogens is 1. The summed E-state index contributed by atoms with van der Waals surface area (Å²) in [7, 11) is 0. The number of carbonyl (C=O) groups is 2. The predicted molar refractivity (Wildman–Crippen MR) is 111 cm³/mol. The van der Waals surface area contributed by atoms with Gasteiger partial charge in [-0.1, -0.05) is 58.4 Å². The molecule has 6 nitrogen and oxygen atoms in total. The molecular weight excluding hydrogens is 436 g/mol. The summed E-state index contributed by atoms with van der Waals surface area (Å²) in [5.41, 5.74) is 1.44. The number of hydrogen-bond donors (Lipinski definition) is 2. The van der Waals surface area contributed by atoms with Gasteiger partial charge < -0.3 is 14.7 Å². The summed E-state index contributed by atoms with van der Waals surface area (Å²) in [5, 5.41) is 11.0. The Labute approximate surface area is 177 Å². The lowest BCUT2D eigenvalue weighted by Gasteiger charge is -2.31. The largest absolute Gasteiger partial charge is 0.507 e. The zero-order valence-electron chi connectivity index (χ0n) is 15.8. The standard InChI is InChI=1S/C22H21BrN2O4/c23-17-8-6-15(7-9-17)19-18(20(26)16-4-2-1-3-5-16)21(27)22(28)25(19)14-24-10-12-29-13-11-24/h1-9,19,26H,10-14H2/p+1/t19-/m0/s1. The maximum Gasteiger partial charge on any atom is 0.299 e. The number of morpholine rings is 1. The van der Waals surface area contributed by atoms with Gasteiger partial charge in [-0.15, -0.1) is 0 Å². The van der Waals surface area contributed by atoms with Crippen LogP contribution in [-0.2, 0) is 14.3 Å². The highest BCUT2D eigenvalue weighted by atomic mass is 79.9. The fourth-order valence-corrected chi connectivity index (χ4v) is 4.11. The van der Waals surface area contributed by atoms with Gasteiger partial charge >= 0.3 is 0 Å². The van der Waals surface area contributed by atoms with Crippen LogP contribution < -0.4 is 4.90 Å². The summed E-state index contributed by atoms with van der Waals surface area (Å²) in [6.45, 7) is 3.20. The van der Waals surface area contributed by atoms with E-state index in [1.54, 1.807) is 29.2 Å². The van der Waals surface area contributed by atoms with Gasteiger partial charge in [0.15, 0.2) is 6.67 Å². The molecule has 2 fully saturated rings. The number of quaternary nitrogens is 1. The Balaban J connectivity index is 1.79. The number of aliphatic hydroxyl groups is 1. The van der Waals surface area contributed by atoms with Gasteiger partial charge in [-0.25, -0.2) is 0 Å². The SMILES string of the molecule is O=C1C(=O)N(C[NH+]2CCOCC2)[C@@H](c2ccc(Br)cc2)C1=C(O)c1ccccc1. The minimum absolute atomic E-state index is 0.135. The zero-order valence-corrected chi connectivity index (χ0v) is 17.4. The van der Waals surface area contributed by atoms with Crippen LogP contribution >= 0.6 is 15.9 Å². The lowest BCUT2D eigenvalue weighted by molar-refractivity contribution is -0.916. The van der Waals surface area contributed by atoms with Crippen molar-refractivity contribution in [2.45, 2.75) is 6.04 Å². The molecule has 0 unspecified atom stereocenters. The summed E-state index contributed by atoms with van der Waals surface area (Å²) in [6.07, 6.45) is 0. The molecule has 1 amide bonds. The van der Waals surface area contributed by atoms with E-state index in [0.29, 0.717) is 25.4 Å². The Morgan fingerprint density at radius 2 is 1.72 bits per heavy atom. The van der Waals surface area contributed by atoms with Crippen LogP contribution in [0, 0.1) is 0 Å². The van der Waals surface area contributed by atoms with Crippen molar-refractivity contribution in [3.8, 4) is 0 Å². The molecule has 0 spiro atoms. The van der Waals surface area contributed by atoms with E-state index in [0.717, 1.165) is 23.1 Å². The number of ether oxygens (including phenoxy) is 1. The van der Waals surface area contributed by atoms with Crippen LogP contribution in [0.4, 0.5) is 0 Å². The normalized spacial score (nSPS) is 22.2. The Hall–Kier alpha value is -2.48. The first kappa shape index (κ1) is 19.8. The molecule has 0 radical (unpaired) electrons. The third-order valence-corrected chi connectivity index (χ3v) is 5.90. The third kappa shape index (κ3) is 3.99. The number of nitrogens with one attached hydrogen (secondary N) is 1. The van der Waals surface area contributed by atoms with Crippen molar-refractivity contribution in [3.63, 3.8) is 0 Å². The summed E-state index contributed by atoms with van der Waals surface area (Å²) < 4.78 is 6.31. The lowest BCUT2D eigenvalue weighted by Crippen LogP contribution is -3.15. The van der Waals surface area contributed by atoms with Crippen LogP contribution in [0.5, 0.6) is 0 Å². The van der Waals surface area contributed by atoms with Gasteiger partial charge in [-0.2, -0.15) is 0 Å². The average Bonchev–Trinajstić information content (AvgIpc) is 3.00. The molecular formula is C22H22BrN2O4+. The van der Waals surface area contributed by atoms with Gasteiger partial charge in [0.05, 0.1) is 24.8 Å². The zero-order chi connectivity index (χ0) is 20.4. The fourth-order valence-electron chi connectivity index (χ4n) is 3.85. The second-order valence-corrected chi connectivity index (χ2v) is 8.12. The number of Topliss-reactive ketones (excluding diaryl/α,β-unsaturated/α-hetero) is 1. The number of rotatable bonds is 4. The number of amides is 1. The van der Waals surface area contributed by atoms with Crippen molar-refractivity contribution in [2.24, 2.45) is 0 Å². The Kier molecular flexibility index (Phi) is 5.80. The van der Waals surface area contributed by atoms with E-state index in [-0.39, 0.29) is 11.3 Å². The molecule has 2 saturated heterocycles. The monoisotopic (exact) mass is 457 g/mol. The topological polar surface area (TPSA) is 71.3 Å². The molecule has 150 valence electrons. The highest BCUT2D eigenvalue weighted by Gasteiger charge is 2.47. The number of carbonyl (C=O) groups excluding carboxylic acids is 2. The van der Waals surface area contributed by atoms with Crippen LogP contribution in [-0.4, -0.2) is 54.7 Å². The van der Waals surface area contributed by atoms with Crippen LogP contribution in [0.1, 0.15) is 17.2 Å². The van der Waals surface area contributed by atoms with Crippen molar-refractivity contribution in [3.05, 3.63) is 75.8 Å². The fraction of sp³-hybridized carbons (Fsp3) is 0.273. The molecule has 0 bridgehead atoms. The number of hydrogen-bond acceptors (Lipinski definition) is 4. The molecule has 7 heteroatoms. The van der Waals surface area contributed by atoms with Gasteiger partial charge in [0.1, 0.15) is 18.8 Å². The summed E-state index contributed by atoms with van der Waals surface area (Å²) in [5.74, 6) is -1.36. The van der Waals surface area contributed by atoms with Crippen molar-refractivity contribution >= 4 is 33.4 Å². The summed E-state index contributed by atoms with van der Waals surface area (Å²) in [6, 6.07) is 15.8. The van der Waals surface area contributed by atoms with Crippen LogP contribution in [0.3, 0.4) is 0 Å².